The Morgan fingerprint density at radius 2 is 1.68 bits per heavy atom. The number of anilines is 1. The Hall–Kier alpha value is -3.17. The van der Waals surface area contributed by atoms with Crippen LogP contribution in [0.3, 0.4) is 0 Å². The predicted octanol–water partition coefficient (Wildman–Crippen LogP) is 4.81. The molecule has 0 radical (unpaired) electrons. The summed E-state index contributed by atoms with van der Waals surface area (Å²) >= 11 is 3.45. The van der Waals surface area contributed by atoms with Gasteiger partial charge in [0.1, 0.15) is 12.6 Å². The highest BCUT2D eigenvalue weighted by Crippen LogP contribution is 2.28. The molecule has 0 bridgehead atoms. The maximum absolute atomic E-state index is 13.9. The number of sulfonamides is 1. The van der Waals surface area contributed by atoms with Crippen LogP contribution in [0.5, 0.6) is 0 Å². The number of hydrogen-bond donors (Lipinski definition) is 1. The van der Waals surface area contributed by atoms with Crippen molar-refractivity contribution in [3.05, 3.63) is 94.0 Å². The van der Waals surface area contributed by atoms with Gasteiger partial charge >= 0.3 is 0 Å². The number of nitrogens with zero attached hydrogens (tertiary/aromatic N) is 2. The Balaban J connectivity index is 2.05. The third-order valence-electron chi connectivity index (χ3n) is 5.99. The summed E-state index contributed by atoms with van der Waals surface area (Å²) in [5.41, 5.74) is 2.92. The lowest BCUT2D eigenvalue weighted by Crippen LogP contribution is -2.51. The molecule has 0 aliphatic heterocycles. The Bertz CT molecular complexity index is 1360. The van der Waals surface area contributed by atoms with Gasteiger partial charge in [0.15, 0.2) is 0 Å². The number of benzene rings is 3. The Morgan fingerprint density at radius 1 is 0.973 bits per heavy atom. The van der Waals surface area contributed by atoms with E-state index >= 15 is 0 Å². The van der Waals surface area contributed by atoms with Gasteiger partial charge in [-0.1, -0.05) is 64.0 Å². The second-order valence-corrected chi connectivity index (χ2v) is 11.6. The molecule has 196 valence electrons. The van der Waals surface area contributed by atoms with Crippen molar-refractivity contribution in [2.45, 2.75) is 45.2 Å². The summed E-state index contributed by atoms with van der Waals surface area (Å²) in [7, 11) is -4.08. The molecule has 0 aliphatic carbocycles. The number of nitrogens with one attached hydrogen (secondary N) is 1. The molecule has 3 rings (SSSR count). The van der Waals surface area contributed by atoms with Crippen molar-refractivity contribution >= 4 is 43.5 Å². The molecule has 0 aliphatic rings. The quantitative estimate of drug-likeness (QED) is 0.370. The van der Waals surface area contributed by atoms with Crippen LogP contribution in [-0.4, -0.2) is 44.3 Å². The van der Waals surface area contributed by atoms with Crippen LogP contribution in [0.15, 0.2) is 82.2 Å². The predicted molar refractivity (Wildman–Crippen MR) is 150 cm³/mol. The maximum atomic E-state index is 13.9. The highest BCUT2D eigenvalue weighted by Gasteiger charge is 2.33. The summed E-state index contributed by atoms with van der Waals surface area (Å²) in [6.45, 7) is 7.29. The first-order chi connectivity index (χ1) is 17.5. The molecular formula is C28H32BrN3O4S. The number of hydrogen-bond acceptors (Lipinski definition) is 4. The van der Waals surface area contributed by atoms with E-state index in [1.54, 1.807) is 38.1 Å². The monoisotopic (exact) mass is 585 g/mol. The topological polar surface area (TPSA) is 86.8 Å². The Kier molecular flexibility index (Phi) is 9.50. The number of likely N-dealkylation sites (N-methyl/N-ethyl adjacent to an activating group) is 1. The van der Waals surface area contributed by atoms with Crippen LogP contribution < -0.4 is 9.62 Å². The third kappa shape index (κ3) is 6.99. The molecule has 2 amide bonds. The fraction of sp³-hybridized carbons (Fsp3) is 0.286. The minimum Gasteiger partial charge on any atom is -0.355 e. The molecule has 0 aromatic heterocycles. The van der Waals surface area contributed by atoms with E-state index in [9.17, 15) is 18.0 Å². The summed E-state index contributed by atoms with van der Waals surface area (Å²) in [4.78, 5) is 28.1. The van der Waals surface area contributed by atoms with Crippen molar-refractivity contribution in [2.24, 2.45) is 0 Å². The van der Waals surface area contributed by atoms with E-state index in [-0.39, 0.29) is 17.3 Å². The molecule has 0 heterocycles. The smallest absolute Gasteiger partial charge is 0.264 e. The summed E-state index contributed by atoms with van der Waals surface area (Å²) < 4.78 is 29.6. The molecule has 0 spiro atoms. The van der Waals surface area contributed by atoms with E-state index in [1.165, 1.54) is 17.0 Å². The van der Waals surface area contributed by atoms with Crippen LogP contribution >= 0.6 is 15.9 Å². The van der Waals surface area contributed by atoms with Gasteiger partial charge in [0.2, 0.25) is 11.8 Å². The lowest BCUT2D eigenvalue weighted by molar-refractivity contribution is -0.139. The average Bonchev–Trinajstić information content (AvgIpc) is 2.86. The second-order valence-electron chi connectivity index (χ2n) is 8.84. The van der Waals surface area contributed by atoms with Gasteiger partial charge in [0.25, 0.3) is 10.0 Å². The number of rotatable bonds is 10. The maximum Gasteiger partial charge on any atom is 0.264 e. The molecule has 0 fully saturated rings. The summed E-state index contributed by atoms with van der Waals surface area (Å²) in [6, 6.07) is 20.1. The Labute approximate surface area is 227 Å². The molecular weight excluding hydrogens is 554 g/mol. The van der Waals surface area contributed by atoms with E-state index in [1.807, 2.05) is 50.2 Å². The molecule has 1 atom stereocenters. The first kappa shape index (κ1) is 28.4. The van der Waals surface area contributed by atoms with Gasteiger partial charge in [-0.3, -0.25) is 13.9 Å². The lowest BCUT2D eigenvalue weighted by Gasteiger charge is -2.32. The molecule has 37 heavy (non-hydrogen) atoms. The zero-order valence-corrected chi connectivity index (χ0v) is 23.8. The van der Waals surface area contributed by atoms with E-state index in [2.05, 4.69) is 21.2 Å². The highest BCUT2D eigenvalue weighted by molar-refractivity contribution is 9.10. The standard InChI is InChI=1S/C28H32BrN3O4S/c1-5-30-28(34)22(4)31(18-23-10-9-11-24(29)17-23)27(33)19-32(26-15-14-20(2)16-21(26)3)37(35,36)25-12-7-6-8-13-25/h6-17,22H,5,18-19H2,1-4H3,(H,30,34)/t22-/m1/s1. The van der Waals surface area contributed by atoms with E-state index < -0.39 is 28.5 Å². The van der Waals surface area contributed by atoms with Crippen LogP contribution in [0.25, 0.3) is 0 Å². The largest absolute Gasteiger partial charge is 0.355 e. The SMILES string of the molecule is CCNC(=O)[C@@H](C)N(Cc1cccc(Br)c1)C(=O)CN(c1ccc(C)cc1C)S(=O)(=O)c1ccccc1. The van der Waals surface area contributed by atoms with Gasteiger partial charge in [-0.05, 0) is 69.2 Å². The normalized spacial score (nSPS) is 12.0. The first-order valence-electron chi connectivity index (χ1n) is 12.0. The van der Waals surface area contributed by atoms with Gasteiger partial charge < -0.3 is 10.2 Å². The highest BCUT2D eigenvalue weighted by atomic mass is 79.9. The first-order valence-corrected chi connectivity index (χ1v) is 14.2. The molecule has 0 unspecified atom stereocenters. The van der Waals surface area contributed by atoms with Crippen LogP contribution in [0, 0.1) is 13.8 Å². The van der Waals surface area contributed by atoms with Gasteiger partial charge in [-0.2, -0.15) is 0 Å². The van der Waals surface area contributed by atoms with Crippen molar-refractivity contribution in [1.82, 2.24) is 10.2 Å². The molecule has 3 aromatic rings. The van der Waals surface area contributed by atoms with Gasteiger partial charge in [0, 0.05) is 17.6 Å². The van der Waals surface area contributed by atoms with Gasteiger partial charge in [0.05, 0.1) is 10.6 Å². The summed E-state index contributed by atoms with van der Waals surface area (Å²) in [5.74, 6) is -0.798. The molecule has 1 N–H and O–H groups in total. The van der Waals surface area contributed by atoms with Crippen LogP contribution in [0.2, 0.25) is 0 Å². The zero-order valence-electron chi connectivity index (χ0n) is 21.4. The van der Waals surface area contributed by atoms with Crippen molar-refractivity contribution in [3.63, 3.8) is 0 Å². The van der Waals surface area contributed by atoms with Gasteiger partial charge in [-0.15, -0.1) is 0 Å². The number of halogens is 1. The minimum absolute atomic E-state index is 0.0816. The Morgan fingerprint density at radius 3 is 2.30 bits per heavy atom. The molecule has 0 saturated carbocycles. The van der Waals surface area contributed by atoms with Crippen LogP contribution in [-0.2, 0) is 26.2 Å². The molecule has 0 saturated heterocycles. The average molecular weight is 587 g/mol. The van der Waals surface area contributed by atoms with Crippen molar-refractivity contribution in [3.8, 4) is 0 Å². The molecule has 7 nitrogen and oxygen atoms in total. The summed E-state index contributed by atoms with van der Waals surface area (Å²) in [6.07, 6.45) is 0. The number of carbonyl (C=O) groups is 2. The molecule has 9 heteroatoms. The fourth-order valence-corrected chi connectivity index (χ4v) is 6.00. The van der Waals surface area contributed by atoms with Crippen LogP contribution in [0.1, 0.15) is 30.5 Å². The van der Waals surface area contributed by atoms with E-state index in [0.29, 0.717) is 12.2 Å². The van der Waals surface area contributed by atoms with Crippen molar-refractivity contribution in [1.29, 1.82) is 0 Å². The minimum atomic E-state index is -4.08. The number of aryl methyl sites for hydroxylation is 2. The zero-order chi connectivity index (χ0) is 27.2. The second kappa shape index (κ2) is 12.4. The fourth-order valence-electron chi connectivity index (χ4n) is 4.05. The van der Waals surface area contributed by atoms with E-state index in [0.717, 1.165) is 25.5 Å². The number of carbonyl (C=O) groups excluding carboxylic acids is 2. The van der Waals surface area contributed by atoms with Crippen molar-refractivity contribution < 1.29 is 18.0 Å². The number of amides is 2. The molecule has 3 aromatic carbocycles. The van der Waals surface area contributed by atoms with Crippen LogP contribution in [0.4, 0.5) is 5.69 Å². The third-order valence-corrected chi connectivity index (χ3v) is 8.26. The lowest BCUT2D eigenvalue weighted by atomic mass is 10.1. The van der Waals surface area contributed by atoms with Gasteiger partial charge in [-0.25, -0.2) is 8.42 Å². The summed E-state index contributed by atoms with van der Waals surface area (Å²) in [5, 5.41) is 2.76. The van der Waals surface area contributed by atoms with E-state index in [4.69, 9.17) is 0 Å². The van der Waals surface area contributed by atoms with Crippen molar-refractivity contribution in [2.75, 3.05) is 17.4 Å².